The third-order valence-corrected chi connectivity index (χ3v) is 2.97. The van der Waals surface area contributed by atoms with Gasteiger partial charge in [0, 0.05) is 25.1 Å². The molecule has 0 spiro atoms. The van der Waals surface area contributed by atoms with Gasteiger partial charge in [-0.15, -0.1) is 0 Å². The number of carboxylic acids is 1. The van der Waals surface area contributed by atoms with E-state index in [1.54, 1.807) is 0 Å². The maximum absolute atomic E-state index is 10.6. The van der Waals surface area contributed by atoms with Gasteiger partial charge in [-0.05, 0) is 18.9 Å². The third kappa shape index (κ3) is 5.91. The Balaban J connectivity index is 2.37. The second kappa shape index (κ2) is 8.53. The van der Waals surface area contributed by atoms with Gasteiger partial charge in [-0.3, -0.25) is 14.9 Å². The molecule has 7 heteroatoms. The molecule has 0 unspecified atom stereocenters. The van der Waals surface area contributed by atoms with E-state index >= 15 is 0 Å². The van der Waals surface area contributed by atoms with Gasteiger partial charge in [0.2, 0.25) is 0 Å². The van der Waals surface area contributed by atoms with E-state index in [2.05, 4.69) is 5.32 Å². The second-order valence-electron chi connectivity index (χ2n) is 4.58. The number of nitrogens with zero attached hydrogens (tertiary/aromatic N) is 2. The van der Waals surface area contributed by atoms with Crippen molar-refractivity contribution in [2.45, 2.75) is 32.1 Å². The van der Waals surface area contributed by atoms with Crippen molar-refractivity contribution in [3.63, 3.8) is 0 Å². The van der Waals surface area contributed by atoms with E-state index < -0.39 is 10.9 Å². The van der Waals surface area contributed by atoms with Crippen LogP contribution < -0.4 is 5.32 Å². The van der Waals surface area contributed by atoms with E-state index in [4.69, 9.17) is 10.4 Å². The molecule has 0 aliphatic carbocycles. The molecule has 7 nitrogen and oxygen atoms in total. The van der Waals surface area contributed by atoms with Crippen LogP contribution in [0, 0.1) is 21.4 Å². The van der Waals surface area contributed by atoms with Crippen LogP contribution >= 0.6 is 0 Å². The molecule has 0 aromatic heterocycles. The summed E-state index contributed by atoms with van der Waals surface area (Å²) in [7, 11) is 0. The van der Waals surface area contributed by atoms with Crippen LogP contribution in [0.2, 0.25) is 0 Å². The first-order chi connectivity index (χ1) is 10.0. The molecule has 0 atom stereocenters. The fourth-order valence-electron chi connectivity index (χ4n) is 1.87. The summed E-state index contributed by atoms with van der Waals surface area (Å²) in [5, 5.41) is 31.2. The van der Waals surface area contributed by atoms with Crippen molar-refractivity contribution in [2.75, 3.05) is 11.9 Å². The first-order valence-electron chi connectivity index (χ1n) is 6.69. The Bertz CT molecular complexity index is 552. The predicted octanol–water partition coefficient (Wildman–Crippen LogP) is 2.91. The van der Waals surface area contributed by atoms with E-state index in [9.17, 15) is 14.9 Å². The van der Waals surface area contributed by atoms with Gasteiger partial charge in [0.1, 0.15) is 6.07 Å². The van der Waals surface area contributed by atoms with Crippen LogP contribution in [0.25, 0.3) is 0 Å². The number of nitro benzene ring substituents is 1. The summed E-state index contributed by atoms with van der Waals surface area (Å²) < 4.78 is 0. The lowest BCUT2D eigenvalue weighted by atomic mass is 10.1. The monoisotopic (exact) mass is 291 g/mol. The first kappa shape index (κ1) is 16.4. The Morgan fingerprint density at radius 1 is 1.33 bits per heavy atom. The minimum atomic E-state index is -0.780. The highest BCUT2D eigenvalue weighted by Gasteiger charge is 2.10. The predicted molar refractivity (Wildman–Crippen MR) is 77.0 cm³/mol. The molecule has 0 saturated carbocycles. The number of aliphatic carboxylic acids is 1. The average Bonchev–Trinajstić information content (AvgIpc) is 2.45. The summed E-state index contributed by atoms with van der Waals surface area (Å²) in [4.78, 5) is 20.4. The van der Waals surface area contributed by atoms with Gasteiger partial charge in [-0.1, -0.05) is 12.8 Å². The van der Waals surface area contributed by atoms with Gasteiger partial charge >= 0.3 is 5.97 Å². The summed E-state index contributed by atoms with van der Waals surface area (Å²) in [5.41, 5.74) is 0.717. The van der Waals surface area contributed by atoms with Crippen molar-refractivity contribution in [3.8, 4) is 6.07 Å². The maximum atomic E-state index is 10.6. The van der Waals surface area contributed by atoms with Gasteiger partial charge in [0.15, 0.2) is 0 Å². The highest BCUT2D eigenvalue weighted by atomic mass is 16.6. The molecule has 0 heterocycles. The zero-order valence-corrected chi connectivity index (χ0v) is 11.5. The summed E-state index contributed by atoms with van der Waals surface area (Å²) in [5.74, 6) is -0.780. The van der Waals surface area contributed by atoms with Gasteiger partial charge < -0.3 is 10.4 Å². The Morgan fingerprint density at radius 3 is 2.67 bits per heavy atom. The Kier molecular flexibility index (Phi) is 6.68. The lowest BCUT2D eigenvalue weighted by Crippen LogP contribution is -2.04. The van der Waals surface area contributed by atoms with Gasteiger partial charge in [-0.25, -0.2) is 0 Å². The van der Waals surface area contributed by atoms with Crippen LogP contribution in [0.4, 0.5) is 11.4 Å². The highest BCUT2D eigenvalue weighted by Crippen LogP contribution is 2.21. The fourth-order valence-corrected chi connectivity index (χ4v) is 1.87. The lowest BCUT2D eigenvalue weighted by molar-refractivity contribution is -0.384. The zero-order valence-electron chi connectivity index (χ0n) is 11.5. The van der Waals surface area contributed by atoms with Crippen LogP contribution in [-0.2, 0) is 4.79 Å². The Labute approximate surface area is 122 Å². The topological polar surface area (TPSA) is 116 Å². The molecule has 0 radical (unpaired) electrons. The number of nitrogens with one attached hydrogen (secondary N) is 1. The van der Waals surface area contributed by atoms with Crippen molar-refractivity contribution in [1.29, 1.82) is 5.26 Å². The maximum Gasteiger partial charge on any atom is 0.303 e. The smallest absolute Gasteiger partial charge is 0.303 e. The molecule has 0 saturated heterocycles. The van der Waals surface area contributed by atoms with Crippen LogP contribution in [0.1, 0.15) is 37.7 Å². The lowest BCUT2D eigenvalue weighted by Gasteiger charge is -2.07. The van der Waals surface area contributed by atoms with Crippen LogP contribution in [0.15, 0.2) is 18.2 Å². The SMILES string of the molecule is N#Cc1cc([N+](=O)[O-])ccc1NCCCCCCC(=O)O. The van der Waals surface area contributed by atoms with E-state index in [-0.39, 0.29) is 17.7 Å². The number of rotatable bonds is 9. The highest BCUT2D eigenvalue weighted by molar-refractivity contribution is 5.66. The molecule has 2 N–H and O–H groups in total. The number of carboxylic acid groups (broad SMARTS) is 1. The molecule has 0 aliphatic rings. The van der Waals surface area contributed by atoms with Crippen molar-refractivity contribution < 1.29 is 14.8 Å². The Morgan fingerprint density at radius 2 is 2.05 bits per heavy atom. The largest absolute Gasteiger partial charge is 0.481 e. The molecule has 0 aliphatic heterocycles. The summed E-state index contributed by atoms with van der Waals surface area (Å²) in [6, 6.07) is 6.06. The van der Waals surface area contributed by atoms with Crippen molar-refractivity contribution in [1.82, 2.24) is 0 Å². The van der Waals surface area contributed by atoms with Crippen LogP contribution in [0.3, 0.4) is 0 Å². The summed E-state index contributed by atoms with van der Waals surface area (Å²) >= 11 is 0. The summed E-state index contributed by atoms with van der Waals surface area (Å²) in [6.07, 6.45) is 3.45. The standard InChI is InChI=1S/C14H17N3O4/c15-10-11-9-12(17(20)21)6-7-13(11)16-8-4-2-1-3-5-14(18)19/h6-7,9,16H,1-5,8H2,(H,18,19). The second-order valence-corrected chi connectivity index (χ2v) is 4.58. The van der Waals surface area contributed by atoms with Crippen molar-refractivity contribution >= 4 is 17.3 Å². The molecule has 21 heavy (non-hydrogen) atoms. The fraction of sp³-hybridized carbons (Fsp3) is 0.429. The van der Waals surface area contributed by atoms with Crippen molar-refractivity contribution in [3.05, 3.63) is 33.9 Å². The van der Waals surface area contributed by atoms with E-state index in [0.29, 0.717) is 18.7 Å². The average molecular weight is 291 g/mol. The van der Waals surface area contributed by atoms with Gasteiger partial charge in [-0.2, -0.15) is 5.26 Å². The van der Waals surface area contributed by atoms with E-state index in [1.807, 2.05) is 6.07 Å². The minimum Gasteiger partial charge on any atom is -0.481 e. The number of hydrogen-bond acceptors (Lipinski definition) is 5. The number of unbranched alkanes of at least 4 members (excludes halogenated alkanes) is 3. The molecule has 1 aromatic rings. The third-order valence-electron chi connectivity index (χ3n) is 2.97. The molecule has 1 aromatic carbocycles. The zero-order chi connectivity index (χ0) is 15.7. The molecular weight excluding hydrogens is 274 g/mol. The molecule has 0 bridgehead atoms. The number of nitriles is 1. The molecule has 112 valence electrons. The van der Waals surface area contributed by atoms with E-state index in [1.165, 1.54) is 18.2 Å². The van der Waals surface area contributed by atoms with Crippen LogP contribution in [0.5, 0.6) is 0 Å². The summed E-state index contributed by atoms with van der Waals surface area (Å²) in [6.45, 7) is 0.638. The number of hydrogen-bond donors (Lipinski definition) is 2. The normalized spacial score (nSPS) is 9.86. The minimum absolute atomic E-state index is 0.106. The number of nitro groups is 1. The number of non-ortho nitro benzene ring substituents is 1. The van der Waals surface area contributed by atoms with Gasteiger partial charge in [0.25, 0.3) is 5.69 Å². The molecule has 0 amide bonds. The Hall–Kier alpha value is -2.62. The van der Waals surface area contributed by atoms with E-state index in [0.717, 1.165) is 19.3 Å². The molecular formula is C14H17N3O4. The van der Waals surface area contributed by atoms with Crippen LogP contribution in [-0.4, -0.2) is 22.5 Å². The molecule has 0 fully saturated rings. The van der Waals surface area contributed by atoms with Crippen molar-refractivity contribution in [2.24, 2.45) is 0 Å². The first-order valence-corrected chi connectivity index (χ1v) is 6.69. The number of anilines is 1. The quantitative estimate of drug-likeness (QED) is 0.410. The number of carbonyl (C=O) groups is 1. The molecule has 1 rings (SSSR count). The van der Waals surface area contributed by atoms with Gasteiger partial charge in [0.05, 0.1) is 16.2 Å². The number of benzene rings is 1.